The Labute approximate surface area is 202 Å². The molecule has 0 aromatic carbocycles. The molecule has 4 rings (SSSR count). The van der Waals surface area contributed by atoms with Crippen LogP contribution >= 0.6 is 0 Å². The molecular weight excluding hydrogens is 436 g/mol. The molecule has 2 aromatic rings. The van der Waals surface area contributed by atoms with Gasteiger partial charge in [-0.15, -0.1) is 0 Å². The molecule has 9 nitrogen and oxygen atoms in total. The van der Waals surface area contributed by atoms with E-state index in [-0.39, 0.29) is 12.6 Å². The predicted molar refractivity (Wildman–Crippen MR) is 129 cm³/mol. The van der Waals surface area contributed by atoms with Crippen molar-refractivity contribution in [1.29, 1.82) is 0 Å². The molecule has 0 atom stereocenters. The summed E-state index contributed by atoms with van der Waals surface area (Å²) in [5, 5.41) is 8.88. The highest BCUT2D eigenvalue weighted by Crippen LogP contribution is 2.07. The van der Waals surface area contributed by atoms with Gasteiger partial charge in [0.15, 0.2) is 0 Å². The van der Waals surface area contributed by atoms with Gasteiger partial charge in [0, 0.05) is 51.7 Å². The van der Waals surface area contributed by atoms with Crippen LogP contribution in [-0.4, -0.2) is 90.6 Å². The predicted octanol–water partition coefficient (Wildman–Crippen LogP) is 2.13. The Balaban J connectivity index is 0.000000225. The topological polar surface area (TPSA) is 97.2 Å². The molecule has 2 aromatic heterocycles. The number of morpholine rings is 2. The monoisotopic (exact) mass is 474 g/mol. The first kappa shape index (κ1) is 27.8. The van der Waals surface area contributed by atoms with Crippen molar-refractivity contribution >= 4 is 5.97 Å². The zero-order valence-electron chi connectivity index (χ0n) is 20.6. The quantitative estimate of drug-likeness (QED) is 0.632. The van der Waals surface area contributed by atoms with Gasteiger partial charge in [0.2, 0.25) is 0 Å². The molecule has 2 aliphatic rings. The number of nitrogens with zero attached hydrogens (tertiary/aromatic N) is 4. The number of aliphatic hydroxyl groups excluding tert-OH is 1. The lowest BCUT2D eigenvalue weighted by atomic mass is 10.2. The Kier molecular flexibility index (Phi) is 13.3. The first-order chi connectivity index (χ1) is 16.7. The van der Waals surface area contributed by atoms with E-state index in [2.05, 4.69) is 24.5 Å². The van der Waals surface area contributed by atoms with Gasteiger partial charge in [-0.25, -0.2) is 4.79 Å². The van der Waals surface area contributed by atoms with E-state index < -0.39 is 0 Å². The molecule has 34 heavy (non-hydrogen) atoms. The second-order valence-corrected chi connectivity index (χ2v) is 7.62. The van der Waals surface area contributed by atoms with Crippen LogP contribution in [0.3, 0.4) is 0 Å². The van der Waals surface area contributed by atoms with Gasteiger partial charge >= 0.3 is 5.97 Å². The van der Waals surface area contributed by atoms with Crippen LogP contribution in [0.2, 0.25) is 0 Å². The number of pyridine rings is 2. The summed E-state index contributed by atoms with van der Waals surface area (Å²) in [4.78, 5) is 24.4. The summed E-state index contributed by atoms with van der Waals surface area (Å²) < 4.78 is 15.2. The minimum Gasteiger partial charge on any atom is -0.465 e. The number of methoxy groups -OCH3 is 1. The summed E-state index contributed by atoms with van der Waals surface area (Å²) in [6.45, 7) is 12.7. The maximum atomic E-state index is 11.2. The van der Waals surface area contributed by atoms with Crippen molar-refractivity contribution in [3.05, 3.63) is 59.2 Å². The molecular formula is C25H38N4O5. The number of hydrogen-bond acceptors (Lipinski definition) is 9. The Bertz CT molecular complexity index is 805. The Morgan fingerprint density at radius 1 is 0.882 bits per heavy atom. The summed E-state index contributed by atoms with van der Waals surface area (Å²) >= 11 is 0. The molecule has 0 aliphatic carbocycles. The van der Waals surface area contributed by atoms with Crippen molar-refractivity contribution in [1.82, 2.24) is 19.8 Å². The lowest BCUT2D eigenvalue weighted by molar-refractivity contribution is 0.0335. The second-order valence-electron chi connectivity index (χ2n) is 7.62. The van der Waals surface area contributed by atoms with Crippen molar-refractivity contribution in [2.45, 2.75) is 33.5 Å². The van der Waals surface area contributed by atoms with Crippen LogP contribution in [0.1, 0.15) is 41.2 Å². The summed E-state index contributed by atoms with van der Waals surface area (Å²) in [5.74, 6) is -0.351. The largest absolute Gasteiger partial charge is 0.465 e. The van der Waals surface area contributed by atoms with E-state index in [9.17, 15) is 4.79 Å². The molecule has 188 valence electrons. The normalized spacial score (nSPS) is 16.5. The average Bonchev–Trinajstić information content (AvgIpc) is 2.92. The fourth-order valence-electron chi connectivity index (χ4n) is 3.38. The van der Waals surface area contributed by atoms with Crippen molar-refractivity contribution in [3.8, 4) is 0 Å². The molecule has 2 saturated heterocycles. The summed E-state index contributed by atoms with van der Waals surface area (Å²) in [6.07, 6.45) is 3.29. The summed E-state index contributed by atoms with van der Waals surface area (Å²) in [6, 6.07) is 7.50. The highest BCUT2D eigenvalue weighted by molar-refractivity contribution is 5.88. The number of aromatic nitrogens is 2. The number of aliphatic hydroxyl groups is 1. The van der Waals surface area contributed by atoms with E-state index >= 15 is 0 Å². The molecule has 0 unspecified atom stereocenters. The van der Waals surface area contributed by atoms with Crippen LogP contribution < -0.4 is 0 Å². The van der Waals surface area contributed by atoms with E-state index in [1.54, 1.807) is 18.5 Å². The zero-order valence-corrected chi connectivity index (χ0v) is 20.6. The van der Waals surface area contributed by atoms with Gasteiger partial charge in [-0.2, -0.15) is 0 Å². The maximum absolute atomic E-state index is 11.2. The van der Waals surface area contributed by atoms with Gasteiger partial charge in [-0.05, 0) is 23.8 Å². The third-order valence-electron chi connectivity index (χ3n) is 5.29. The average molecular weight is 475 g/mol. The molecule has 0 bridgehead atoms. The second kappa shape index (κ2) is 16.2. The summed E-state index contributed by atoms with van der Waals surface area (Å²) in [5.41, 5.74) is 3.35. The Hall–Kier alpha value is -2.43. The number of carbonyl (C=O) groups excluding carboxylic acids is 1. The molecule has 1 N–H and O–H groups in total. The zero-order chi connectivity index (χ0) is 24.6. The first-order valence-electron chi connectivity index (χ1n) is 11.9. The molecule has 0 amide bonds. The SMILES string of the molecule is CC.COC(=O)c1ccc(CN2CCOCC2)nc1.OCc1ccc(CN2CCOCC2)nc1. The Morgan fingerprint density at radius 2 is 1.38 bits per heavy atom. The van der Waals surface area contributed by atoms with Gasteiger partial charge in [-0.3, -0.25) is 19.8 Å². The van der Waals surface area contributed by atoms with Crippen LogP contribution in [0.4, 0.5) is 0 Å². The molecule has 0 spiro atoms. The van der Waals surface area contributed by atoms with Gasteiger partial charge in [0.1, 0.15) is 0 Å². The molecule has 2 fully saturated rings. The number of carbonyl (C=O) groups is 1. The van der Waals surface area contributed by atoms with E-state index in [4.69, 9.17) is 14.6 Å². The number of ether oxygens (including phenoxy) is 3. The molecule has 4 heterocycles. The standard InChI is InChI=1S/C12H16N2O3.C11H16N2O2.C2H6/c1-16-12(15)10-2-3-11(13-8-10)9-14-4-6-17-7-5-14;14-9-10-1-2-11(12-7-10)8-13-3-5-15-6-4-13;1-2/h2-3,8H,4-7,9H2,1H3;1-2,7,14H,3-6,8-9H2;1-2H3. The smallest absolute Gasteiger partial charge is 0.339 e. The molecule has 2 aliphatic heterocycles. The first-order valence-corrected chi connectivity index (χ1v) is 11.9. The molecule has 9 heteroatoms. The minimum atomic E-state index is -0.351. The van der Waals surface area contributed by atoms with Crippen LogP contribution in [0, 0.1) is 0 Å². The van der Waals surface area contributed by atoms with Gasteiger partial charge in [-0.1, -0.05) is 19.9 Å². The third kappa shape index (κ3) is 9.82. The number of esters is 1. The third-order valence-corrected chi connectivity index (χ3v) is 5.29. The van der Waals surface area contributed by atoms with Crippen LogP contribution in [0.5, 0.6) is 0 Å². The minimum absolute atomic E-state index is 0.0604. The number of hydrogen-bond donors (Lipinski definition) is 1. The fraction of sp³-hybridized carbons (Fsp3) is 0.560. The highest BCUT2D eigenvalue weighted by Gasteiger charge is 2.12. The fourth-order valence-corrected chi connectivity index (χ4v) is 3.38. The maximum Gasteiger partial charge on any atom is 0.339 e. The van der Waals surface area contributed by atoms with E-state index in [1.807, 2.05) is 32.0 Å². The molecule has 0 radical (unpaired) electrons. The summed E-state index contributed by atoms with van der Waals surface area (Å²) in [7, 11) is 1.37. The molecule has 0 saturated carbocycles. The van der Waals surface area contributed by atoms with E-state index in [0.29, 0.717) is 5.56 Å². The van der Waals surface area contributed by atoms with Crippen molar-refractivity contribution in [2.24, 2.45) is 0 Å². The van der Waals surface area contributed by atoms with Crippen LogP contribution in [-0.2, 0) is 33.9 Å². The lowest BCUT2D eigenvalue weighted by Gasteiger charge is -2.26. The van der Waals surface area contributed by atoms with Gasteiger partial charge in [0.25, 0.3) is 0 Å². The van der Waals surface area contributed by atoms with Crippen molar-refractivity contribution in [3.63, 3.8) is 0 Å². The van der Waals surface area contributed by atoms with Crippen molar-refractivity contribution in [2.75, 3.05) is 59.7 Å². The van der Waals surface area contributed by atoms with E-state index in [1.165, 1.54) is 7.11 Å². The number of rotatable bonds is 6. The van der Waals surface area contributed by atoms with Gasteiger partial charge < -0.3 is 19.3 Å². The van der Waals surface area contributed by atoms with Crippen molar-refractivity contribution < 1.29 is 24.1 Å². The van der Waals surface area contributed by atoms with Gasteiger partial charge in [0.05, 0.1) is 57.1 Å². The van der Waals surface area contributed by atoms with Crippen LogP contribution in [0.15, 0.2) is 36.7 Å². The Morgan fingerprint density at radius 3 is 1.76 bits per heavy atom. The highest BCUT2D eigenvalue weighted by atomic mass is 16.5. The lowest BCUT2D eigenvalue weighted by Crippen LogP contribution is -2.35. The van der Waals surface area contributed by atoms with E-state index in [0.717, 1.165) is 82.6 Å². The van der Waals surface area contributed by atoms with Crippen LogP contribution in [0.25, 0.3) is 0 Å².